The van der Waals surface area contributed by atoms with E-state index in [9.17, 15) is 4.79 Å². The molecular weight excluding hydrogens is 224 g/mol. The predicted octanol–water partition coefficient (Wildman–Crippen LogP) is 3.01. The monoisotopic (exact) mass is 242 g/mol. The van der Waals surface area contributed by atoms with Gasteiger partial charge in [-0.15, -0.1) is 0 Å². The number of amides is 1. The van der Waals surface area contributed by atoms with Gasteiger partial charge in [-0.05, 0) is 17.5 Å². The molecule has 1 aromatic carbocycles. The first kappa shape index (κ1) is 12.6. The fraction of sp³-hybridized carbons (Fsp3) is 0.333. The molecule has 0 bridgehead atoms. The zero-order valence-electron chi connectivity index (χ0n) is 11.0. The quantitative estimate of drug-likeness (QED) is 0.879. The van der Waals surface area contributed by atoms with Gasteiger partial charge in [-0.3, -0.25) is 4.79 Å². The van der Waals surface area contributed by atoms with Crippen LogP contribution in [0.3, 0.4) is 0 Å². The van der Waals surface area contributed by atoms with Crippen molar-refractivity contribution in [1.29, 1.82) is 0 Å². The molecular formula is C15H18N2O. The van der Waals surface area contributed by atoms with Gasteiger partial charge in [0.15, 0.2) is 0 Å². The van der Waals surface area contributed by atoms with Gasteiger partial charge in [0.1, 0.15) is 5.69 Å². The third kappa shape index (κ3) is 3.06. The number of rotatable bonds is 2. The molecule has 0 fully saturated rings. The molecule has 0 saturated heterocycles. The molecule has 0 aliphatic carbocycles. The maximum absolute atomic E-state index is 12.0. The van der Waals surface area contributed by atoms with Gasteiger partial charge < -0.3 is 5.32 Å². The number of aromatic nitrogens is 1. The molecule has 0 spiro atoms. The van der Waals surface area contributed by atoms with Crippen LogP contribution >= 0.6 is 0 Å². The van der Waals surface area contributed by atoms with Gasteiger partial charge in [0.05, 0.1) is 5.52 Å². The van der Waals surface area contributed by atoms with E-state index in [1.165, 1.54) is 0 Å². The minimum atomic E-state index is -0.115. The van der Waals surface area contributed by atoms with Crippen LogP contribution in [0.4, 0.5) is 0 Å². The van der Waals surface area contributed by atoms with Gasteiger partial charge in [0, 0.05) is 11.9 Å². The van der Waals surface area contributed by atoms with Crippen molar-refractivity contribution in [2.75, 3.05) is 6.54 Å². The zero-order valence-corrected chi connectivity index (χ0v) is 11.0. The SMILES string of the molecule is CC(C)(C)CNC(=O)c1ccc2ccccc2n1. The fourth-order valence-corrected chi connectivity index (χ4v) is 1.63. The maximum Gasteiger partial charge on any atom is 0.269 e. The molecule has 2 aromatic rings. The van der Waals surface area contributed by atoms with Crippen LogP contribution in [0.15, 0.2) is 36.4 Å². The van der Waals surface area contributed by atoms with Crippen LogP contribution in [0, 0.1) is 5.41 Å². The summed E-state index contributed by atoms with van der Waals surface area (Å²) in [5, 5.41) is 3.95. The lowest BCUT2D eigenvalue weighted by molar-refractivity contribution is 0.0934. The Hall–Kier alpha value is -1.90. The average Bonchev–Trinajstić information content (AvgIpc) is 2.34. The summed E-state index contributed by atoms with van der Waals surface area (Å²) < 4.78 is 0. The minimum Gasteiger partial charge on any atom is -0.350 e. The molecule has 1 N–H and O–H groups in total. The normalized spacial score (nSPS) is 11.5. The van der Waals surface area contributed by atoms with E-state index in [0.717, 1.165) is 10.9 Å². The highest BCUT2D eigenvalue weighted by Crippen LogP contribution is 2.13. The third-order valence-electron chi connectivity index (χ3n) is 2.61. The third-order valence-corrected chi connectivity index (χ3v) is 2.61. The second kappa shape index (κ2) is 4.77. The van der Waals surface area contributed by atoms with Gasteiger partial charge in [-0.1, -0.05) is 45.0 Å². The molecule has 0 aliphatic heterocycles. The number of nitrogens with one attached hydrogen (secondary N) is 1. The number of carbonyl (C=O) groups excluding carboxylic acids is 1. The number of fused-ring (bicyclic) bond motifs is 1. The van der Waals surface area contributed by atoms with E-state index in [4.69, 9.17) is 0 Å². The molecule has 1 amide bonds. The Morgan fingerprint density at radius 3 is 2.61 bits per heavy atom. The highest BCUT2D eigenvalue weighted by Gasteiger charge is 2.13. The number of nitrogens with zero attached hydrogens (tertiary/aromatic N) is 1. The minimum absolute atomic E-state index is 0.0759. The number of para-hydroxylation sites is 1. The molecule has 2 rings (SSSR count). The standard InChI is InChI=1S/C15H18N2O/c1-15(2,3)10-16-14(18)13-9-8-11-6-4-5-7-12(11)17-13/h4-9H,10H2,1-3H3,(H,16,18). The first-order valence-corrected chi connectivity index (χ1v) is 6.10. The fourth-order valence-electron chi connectivity index (χ4n) is 1.63. The van der Waals surface area contributed by atoms with E-state index in [1.54, 1.807) is 6.07 Å². The van der Waals surface area contributed by atoms with Crippen LogP contribution in [0.1, 0.15) is 31.3 Å². The maximum atomic E-state index is 12.0. The molecule has 0 unspecified atom stereocenters. The van der Waals surface area contributed by atoms with Crippen LogP contribution < -0.4 is 5.32 Å². The molecule has 0 radical (unpaired) electrons. The van der Waals surface area contributed by atoms with E-state index >= 15 is 0 Å². The van der Waals surface area contributed by atoms with Crippen LogP contribution in [0.5, 0.6) is 0 Å². The van der Waals surface area contributed by atoms with Crippen molar-refractivity contribution in [2.24, 2.45) is 5.41 Å². The summed E-state index contributed by atoms with van der Waals surface area (Å²) >= 11 is 0. The summed E-state index contributed by atoms with van der Waals surface area (Å²) in [5.74, 6) is -0.115. The average molecular weight is 242 g/mol. The largest absolute Gasteiger partial charge is 0.350 e. The summed E-state index contributed by atoms with van der Waals surface area (Å²) in [6, 6.07) is 11.5. The molecule has 0 atom stereocenters. The van der Waals surface area contributed by atoms with Gasteiger partial charge in [0.2, 0.25) is 0 Å². The van der Waals surface area contributed by atoms with Crippen LogP contribution in [-0.4, -0.2) is 17.4 Å². The molecule has 1 heterocycles. The van der Waals surface area contributed by atoms with Crippen molar-refractivity contribution >= 4 is 16.8 Å². The Morgan fingerprint density at radius 1 is 1.17 bits per heavy atom. The van der Waals surface area contributed by atoms with Crippen molar-refractivity contribution in [2.45, 2.75) is 20.8 Å². The molecule has 0 aliphatic rings. The zero-order chi connectivity index (χ0) is 13.2. The van der Waals surface area contributed by atoms with Gasteiger partial charge in [-0.2, -0.15) is 0 Å². The Bertz CT molecular complexity index is 570. The van der Waals surface area contributed by atoms with Gasteiger partial charge in [0.25, 0.3) is 5.91 Å². The number of pyridine rings is 1. The van der Waals surface area contributed by atoms with Crippen molar-refractivity contribution in [3.63, 3.8) is 0 Å². The lowest BCUT2D eigenvalue weighted by Gasteiger charge is -2.18. The molecule has 0 saturated carbocycles. The topological polar surface area (TPSA) is 42.0 Å². The lowest BCUT2D eigenvalue weighted by atomic mass is 9.97. The van der Waals surface area contributed by atoms with Crippen LogP contribution in [0.25, 0.3) is 10.9 Å². The number of hydrogen-bond acceptors (Lipinski definition) is 2. The van der Waals surface area contributed by atoms with Crippen molar-refractivity contribution < 1.29 is 4.79 Å². The summed E-state index contributed by atoms with van der Waals surface area (Å²) in [6.45, 7) is 6.89. The van der Waals surface area contributed by atoms with E-state index in [2.05, 4.69) is 31.1 Å². The van der Waals surface area contributed by atoms with Gasteiger partial charge >= 0.3 is 0 Å². The molecule has 18 heavy (non-hydrogen) atoms. The molecule has 94 valence electrons. The Balaban J connectivity index is 2.18. The highest BCUT2D eigenvalue weighted by atomic mass is 16.1. The van der Waals surface area contributed by atoms with Crippen molar-refractivity contribution in [3.8, 4) is 0 Å². The van der Waals surface area contributed by atoms with Crippen molar-refractivity contribution in [3.05, 3.63) is 42.1 Å². The summed E-state index contributed by atoms with van der Waals surface area (Å²) in [4.78, 5) is 16.3. The van der Waals surface area contributed by atoms with E-state index in [-0.39, 0.29) is 11.3 Å². The Kier molecular flexibility index (Phi) is 3.32. The molecule has 3 nitrogen and oxygen atoms in total. The van der Waals surface area contributed by atoms with Crippen LogP contribution in [0.2, 0.25) is 0 Å². The lowest BCUT2D eigenvalue weighted by Crippen LogP contribution is -2.32. The highest BCUT2D eigenvalue weighted by molar-refractivity contribution is 5.94. The molecule has 3 heteroatoms. The number of carbonyl (C=O) groups is 1. The van der Waals surface area contributed by atoms with Crippen LogP contribution in [-0.2, 0) is 0 Å². The van der Waals surface area contributed by atoms with E-state index in [0.29, 0.717) is 12.2 Å². The summed E-state index contributed by atoms with van der Waals surface area (Å²) in [5.41, 5.74) is 1.39. The number of benzene rings is 1. The first-order chi connectivity index (χ1) is 8.46. The Morgan fingerprint density at radius 2 is 1.89 bits per heavy atom. The number of hydrogen-bond donors (Lipinski definition) is 1. The van der Waals surface area contributed by atoms with E-state index < -0.39 is 0 Å². The second-order valence-corrected chi connectivity index (χ2v) is 5.63. The smallest absolute Gasteiger partial charge is 0.269 e. The first-order valence-electron chi connectivity index (χ1n) is 6.10. The molecule has 1 aromatic heterocycles. The van der Waals surface area contributed by atoms with Crippen molar-refractivity contribution in [1.82, 2.24) is 10.3 Å². The van der Waals surface area contributed by atoms with Gasteiger partial charge in [-0.25, -0.2) is 4.98 Å². The van der Waals surface area contributed by atoms with E-state index in [1.807, 2.05) is 30.3 Å². The summed E-state index contributed by atoms with van der Waals surface area (Å²) in [6.07, 6.45) is 0. The summed E-state index contributed by atoms with van der Waals surface area (Å²) in [7, 11) is 0. The Labute approximate surface area is 107 Å². The predicted molar refractivity (Wildman–Crippen MR) is 73.5 cm³/mol. The second-order valence-electron chi connectivity index (χ2n) is 5.63.